The van der Waals surface area contributed by atoms with Gasteiger partial charge < -0.3 is 14.6 Å². The monoisotopic (exact) mass is 297 g/mol. The summed E-state index contributed by atoms with van der Waals surface area (Å²) in [6.45, 7) is 2.28. The summed E-state index contributed by atoms with van der Waals surface area (Å²) in [5, 5.41) is 12.5. The highest BCUT2D eigenvalue weighted by Crippen LogP contribution is 2.35. The molecule has 108 valence electrons. The van der Waals surface area contributed by atoms with E-state index in [1.54, 1.807) is 12.1 Å². The number of carbonyl (C=O) groups excluding carboxylic acids is 1. The van der Waals surface area contributed by atoms with Crippen molar-refractivity contribution >= 4 is 21.8 Å². The van der Waals surface area contributed by atoms with Crippen LogP contribution >= 0.6 is 0 Å². The van der Waals surface area contributed by atoms with Gasteiger partial charge in [0.1, 0.15) is 0 Å². The van der Waals surface area contributed by atoms with Crippen molar-refractivity contribution in [3.63, 3.8) is 0 Å². The highest BCUT2D eigenvalue weighted by Gasteiger charge is 2.37. The molecule has 1 aromatic carbocycles. The predicted octanol–water partition coefficient (Wildman–Crippen LogP) is 1.55. The van der Waals surface area contributed by atoms with Crippen LogP contribution < -0.4 is 9.50 Å². The summed E-state index contributed by atoms with van der Waals surface area (Å²) in [4.78, 5) is 11.2. The van der Waals surface area contributed by atoms with Gasteiger partial charge in [0.05, 0.1) is 5.56 Å². The fourth-order valence-electron chi connectivity index (χ4n) is 1.82. The maximum Gasteiger partial charge on any atom is 0.348 e. The van der Waals surface area contributed by atoms with Crippen molar-refractivity contribution < 1.29 is 22.5 Å². The Balaban J connectivity index is 2.41. The summed E-state index contributed by atoms with van der Waals surface area (Å²) in [6, 6.07) is 6.09. The van der Waals surface area contributed by atoms with Crippen molar-refractivity contribution in [2.75, 3.05) is 6.54 Å². The van der Waals surface area contributed by atoms with E-state index in [2.05, 4.69) is 5.32 Å². The Morgan fingerprint density at radius 3 is 2.75 bits per heavy atom. The molecule has 0 saturated heterocycles. The van der Waals surface area contributed by atoms with Gasteiger partial charge in [0.15, 0.2) is 11.5 Å². The van der Waals surface area contributed by atoms with E-state index in [1.807, 2.05) is 6.92 Å². The number of hydrogen-bond acceptors (Lipinski definition) is 5. The highest BCUT2D eigenvalue weighted by atomic mass is 32.2. The Bertz CT molecular complexity index is 663. The molecular formula is C13H15NO5S. The molecule has 0 radical (unpaired) electrons. The van der Waals surface area contributed by atoms with Crippen LogP contribution in [0, 0.1) is 0 Å². The standard InChI is InChI=1S/C13H15NO5S/c1-2-3-8-14-13(16)12-11(15)9-6-4-5-7-10(9)19-20(12,17)18/h4-7,15H,2-3,8H2,1H3,(H,14,16). The molecule has 0 aromatic heterocycles. The zero-order valence-electron chi connectivity index (χ0n) is 10.9. The molecule has 2 N–H and O–H groups in total. The average molecular weight is 297 g/mol. The number of rotatable bonds is 4. The van der Waals surface area contributed by atoms with Crippen molar-refractivity contribution in [2.24, 2.45) is 0 Å². The normalized spacial score (nSPS) is 16.2. The van der Waals surface area contributed by atoms with E-state index in [1.165, 1.54) is 12.1 Å². The molecule has 1 amide bonds. The number of nitrogens with one attached hydrogen (secondary N) is 1. The summed E-state index contributed by atoms with van der Waals surface area (Å²) in [6.07, 6.45) is 1.58. The number of aliphatic hydroxyl groups is 1. The Hall–Kier alpha value is -2.02. The smallest absolute Gasteiger partial charge is 0.348 e. The number of para-hydroxylation sites is 1. The van der Waals surface area contributed by atoms with E-state index in [0.717, 1.165) is 12.8 Å². The van der Waals surface area contributed by atoms with Crippen LogP contribution in [0.3, 0.4) is 0 Å². The third kappa shape index (κ3) is 2.62. The lowest BCUT2D eigenvalue weighted by Gasteiger charge is -2.19. The quantitative estimate of drug-likeness (QED) is 0.650. The highest BCUT2D eigenvalue weighted by molar-refractivity contribution is 7.92. The molecule has 0 atom stereocenters. The van der Waals surface area contributed by atoms with Gasteiger partial charge in [0, 0.05) is 6.54 Å². The lowest BCUT2D eigenvalue weighted by Crippen LogP contribution is -2.33. The van der Waals surface area contributed by atoms with E-state index in [-0.39, 0.29) is 11.3 Å². The van der Waals surface area contributed by atoms with Crippen LogP contribution in [0.15, 0.2) is 29.2 Å². The maximum absolute atomic E-state index is 11.9. The Morgan fingerprint density at radius 1 is 1.35 bits per heavy atom. The third-order valence-corrected chi connectivity index (χ3v) is 4.11. The molecule has 1 aliphatic heterocycles. The van der Waals surface area contributed by atoms with Gasteiger partial charge in [-0.05, 0) is 18.6 Å². The molecule has 1 heterocycles. The first-order chi connectivity index (χ1) is 9.47. The number of benzene rings is 1. The average Bonchev–Trinajstić information content (AvgIpc) is 2.38. The van der Waals surface area contributed by atoms with Crippen molar-refractivity contribution in [2.45, 2.75) is 19.8 Å². The van der Waals surface area contributed by atoms with Crippen LogP contribution in [0.4, 0.5) is 0 Å². The third-order valence-electron chi connectivity index (χ3n) is 2.83. The Kier molecular flexibility index (Phi) is 3.99. The van der Waals surface area contributed by atoms with E-state index in [9.17, 15) is 18.3 Å². The second-order valence-corrected chi connectivity index (χ2v) is 5.80. The molecule has 6 nitrogen and oxygen atoms in total. The number of carbonyl (C=O) groups is 1. The zero-order chi connectivity index (χ0) is 14.8. The summed E-state index contributed by atoms with van der Waals surface area (Å²) in [5.74, 6) is -1.43. The Morgan fingerprint density at radius 2 is 2.05 bits per heavy atom. The predicted molar refractivity (Wildman–Crippen MR) is 73.5 cm³/mol. The second kappa shape index (κ2) is 5.54. The number of amides is 1. The molecular weight excluding hydrogens is 282 g/mol. The van der Waals surface area contributed by atoms with E-state index < -0.39 is 26.7 Å². The van der Waals surface area contributed by atoms with Crippen LogP contribution in [0.2, 0.25) is 0 Å². The van der Waals surface area contributed by atoms with Gasteiger partial charge in [0.2, 0.25) is 4.91 Å². The lowest BCUT2D eigenvalue weighted by molar-refractivity contribution is -0.116. The number of aliphatic hydroxyl groups excluding tert-OH is 1. The number of unbranched alkanes of at least 4 members (excludes halogenated alkanes) is 1. The van der Waals surface area contributed by atoms with Crippen LogP contribution in [-0.2, 0) is 14.9 Å². The van der Waals surface area contributed by atoms with Gasteiger partial charge in [-0.1, -0.05) is 25.5 Å². The molecule has 7 heteroatoms. The van der Waals surface area contributed by atoms with E-state index in [4.69, 9.17) is 4.18 Å². The van der Waals surface area contributed by atoms with Crippen LogP contribution in [0.5, 0.6) is 5.75 Å². The summed E-state index contributed by atoms with van der Waals surface area (Å²) in [5.41, 5.74) is 0.183. The second-order valence-electron chi connectivity index (χ2n) is 4.32. The van der Waals surface area contributed by atoms with E-state index in [0.29, 0.717) is 6.54 Å². The molecule has 0 spiro atoms. The fourth-order valence-corrected chi connectivity index (χ4v) is 2.93. The molecule has 0 saturated carbocycles. The minimum absolute atomic E-state index is 0.00936. The summed E-state index contributed by atoms with van der Waals surface area (Å²) < 4.78 is 28.7. The maximum atomic E-state index is 11.9. The summed E-state index contributed by atoms with van der Waals surface area (Å²) >= 11 is 0. The first-order valence-electron chi connectivity index (χ1n) is 6.22. The van der Waals surface area contributed by atoms with Crippen molar-refractivity contribution in [1.82, 2.24) is 5.32 Å². The SMILES string of the molecule is CCCCNC(=O)C1=C(O)c2ccccc2OS1(=O)=O. The fraction of sp³-hybridized carbons (Fsp3) is 0.308. The lowest BCUT2D eigenvalue weighted by atomic mass is 10.1. The summed E-state index contributed by atoms with van der Waals surface area (Å²) in [7, 11) is -4.30. The van der Waals surface area contributed by atoms with Crippen molar-refractivity contribution in [1.29, 1.82) is 0 Å². The number of fused-ring (bicyclic) bond motifs is 1. The van der Waals surface area contributed by atoms with Gasteiger partial charge in [-0.3, -0.25) is 4.79 Å². The molecule has 0 aliphatic carbocycles. The largest absolute Gasteiger partial charge is 0.505 e. The minimum atomic E-state index is -4.30. The van der Waals surface area contributed by atoms with Crippen LogP contribution in [0.1, 0.15) is 25.3 Å². The zero-order valence-corrected chi connectivity index (χ0v) is 11.7. The molecule has 0 unspecified atom stereocenters. The minimum Gasteiger partial charge on any atom is -0.505 e. The number of hydrogen-bond donors (Lipinski definition) is 2. The van der Waals surface area contributed by atoms with Crippen LogP contribution in [-0.4, -0.2) is 26.0 Å². The Labute approximate surface area is 117 Å². The molecule has 0 fully saturated rings. The van der Waals surface area contributed by atoms with Crippen molar-refractivity contribution in [3.05, 3.63) is 34.7 Å². The van der Waals surface area contributed by atoms with Gasteiger partial charge in [-0.25, -0.2) is 0 Å². The molecule has 0 bridgehead atoms. The molecule has 1 aliphatic rings. The topological polar surface area (TPSA) is 92.7 Å². The van der Waals surface area contributed by atoms with E-state index >= 15 is 0 Å². The van der Waals surface area contributed by atoms with Crippen LogP contribution in [0.25, 0.3) is 5.76 Å². The van der Waals surface area contributed by atoms with Gasteiger partial charge in [0.25, 0.3) is 5.91 Å². The van der Waals surface area contributed by atoms with Gasteiger partial charge >= 0.3 is 10.1 Å². The molecule has 20 heavy (non-hydrogen) atoms. The molecule has 1 aromatic rings. The van der Waals surface area contributed by atoms with Gasteiger partial charge in [-0.2, -0.15) is 8.42 Å². The first-order valence-corrected chi connectivity index (χ1v) is 7.63. The molecule has 2 rings (SSSR count). The van der Waals surface area contributed by atoms with Gasteiger partial charge in [-0.15, -0.1) is 0 Å². The van der Waals surface area contributed by atoms with Crippen molar-refractivity contribution in [3.8, 4) is 5.75 Å². The first kappa shape index (κ1) is 14.4.